The van der Waals surface area contributed by atoms with E-state index in [1.54, 1.807) is 26.0 Å². The number of carbonyl (C=O) groups excluding carboxylic acids is 1. The van der Waals surface area contributed by atoms with Crippen molar-refractivity contribution in [3.63, 3.8) is 0 Å². The zero-order chi connectivity index (χ0) is 14.5. The zero-order valence-electron chi connectivity index (χ0n) is 11.0. The number of amides is 1. The molecule has 19 heavy (non-hydrogen) atoms. The standard InChI is InChI=1S/C12H19N3O3S/c1-9(2)15-12(16)8-14-19(17,18)11-5-3-4-10(6-11)7-13/h3-6,9,14H,7-8,13H2,1-2H3,(H,15,16). The SMILES string of the molecule is CC(C)NC(=O)CNS(=O)(=O)c1cccc(CN)c1. The molecule has 0 aliphatic heterocycles. The highest BCUT2D eigenvalue weighted by Gasteiger charge is 2.15. The van der Waals surface area contributed by atoms with Crippen LogP contribution in [0.1, 0.15) is 19.4 Å². The summed E-state index contributed by atoms with van der Waals surface area (Å²) >= 11 is 0. The van der Waals surface area contributed by atoms with Crippen molar-refractivity contribution in [2.75, 3.05) is 6.54 Å². The third-order valence-corrected chi connectivity index (χ3v) is 3.72. The predicted molar refractivity (Wildman–Crippen MR) is 72.8 cm³/mol. The third kappa shape index (κ3) is 4.98. The summed E-state index contributed by atoms with van der Waals surface area (Å²) in [5.41, 5.74) is 6.18. The third-order valence-electron chi connectivity index (χ3n) is 2.32. The van der Waals surface area contributed by atoms with Gasteiger partial charge in [0.25, 0.3) is 0 Å². The van der Waals surface area contributed by atoms with E-state index in [2.05, 4.69) is 10.0 Å². The molecule has 1 amide bonds. The van der Waals surface area contributed by atoms with Gasteiger partial charge in [0.15, 0.2) is 0 Å². The molecule has 7 heteroatoms. The van der Waals surface area contributed by atoms with E-state index in [0.717, 1.165) is 5.56 Å². The fourth-order valence-electron chi connectivity index (χ4n) is 1.46. The van der Waals surface area contributed by atoms with Crippen molar-refractivity contribution in [2.24, 2.45) is 5.73 Å². The Morgan fingerprint density at radius 2 is 2.05 bits per heavy atom. The molecule has 1 aromatic carbocycles. The Hall–Kier alpha value is -1.44. The molecule has 0 radical (unpaired) electrons. The molecular weight excluding hydrogens is 266 g/mol. The second kappa shape index (κ2) is 6.65. The molecule has 106 valence electrons. The monoisotopic (exact) mass is 285 g/mol. The molecule has 0 aromatic heterocycles. The second-order valence-electron chi connectivity index (χ2n) is 4.40. The highest BCUT2D eigenvalue weighted by Crippen LogP contribution is 2.10. The van der Waals surface area contributed by atoms with Gasteiger partial charge in [-0.05, 0) is 31.5 Å². The van der Waals surface area contributed by atoms with Gasteiger partial charge in [-0.25, -0.2) is 13.1 Å². The van der Waals surface area contributed by atoms with Crippen LogP contribution < -0.4 is 15.8 Å². The molecule has 0 aliphatic carbocycles. The van der Waals surface area contributed by atoms with E-state index in [1.807, 2.05) is 0 Å². The van der Waals surface area contributed by atoms with Gasteiger partial charge in [-0.2, -0.15) is 0 Å². The fourth-order valence-corrected chi connectivity index (χ4v) is 2.51. The number of nitrogens with two attached hydrogens (primary N) is 1. The topological polar surface area (TPSA) is 101 Å². The number of rotatable bonds is 6. The van der Waals surface area contributed by atoms with Crippen molar-refractivity contribution < 1.29 is 13.2 Å². The van der Waals surface area contributed by atoms with Gasteiger partial charge in [0.05, 0.1) is 11.4 Å². The van der Waals surface area contributed by atoms with Crippen LogP contribution in [0.4, 0.5) is 0 Å². The first kappa shape index (κ1) is 15.6. The highest BCUT2D eigenvalue weighted by atomic mass is 32.2. The lowest BCUT2D eigenvalue weighted by Crippen LogP contribution is -2.39. The van der Waals surface area contributed by atoms with Crippen LogP contribution in [0, 0.1) is 0 Å². The number of nitrogens with one attached hydrogen (secondary N) is 2. The first-order chi connectivity index (χ1) is 8.85. The molecule has 1 rings (SSSR count). The summed E-state index contributed by atoms with van der Waals surface area (Å²) in [4.78, 5) is 11.5. The van der Waals surface area contributed by atoms with E-state index < -0.39 is 10.0 Å². The van der Waals surface area contributed by atoms with Crippen LogP contribution >= 0.6 is 0 Å². The molecule has 0 heterocycles. The van der Waals surface area contributed by atoms with Crippen molar-refractivity contribution in [3.8, 4) is 0 Å². The Morgan fingerprint density at radius 3 is 2.63 bits per heavy atom. The Labute approximate surface area is 113 Å². The van der Waals surface area contributed by atoms with Crippen LogP contribution in [0.3, 0.4) is 0 Å². The molecule has 6 nitrogen and oxygen atoms in total. The summed E-state index contributed by atoms with van der Waals surface area (Å²) < 4.78 is 26.2. The van der Waals surface area contributed by atoms with Gasteiger partial charge in [0, 0.05) is 12.6 Å². The molecule has 0 spiro atoms. The molecule has 0 fully saturated rings. The Morgan fingerprint density at radius 1 is 1.37 bits per heavy atom. The summed E-state index contributed by atoms with van der Waals surface area (Å²) in [7, 11) is -3.69. The van der Waals surface area contributed by atoms with Gasteiger partial charge in [-0.3, -0.25) is 4.79 Å². The number of hydrogen-bond acceptors (Lipinski definition) is 4. The van der Waals surface area contributed by atoms with E-state index in [0.29, 0.717) is 0 Å². The van der Waals surface area contributed by atoms with Gasteiger partial charge in [-0.1, -0.05) is 12.1 Å². The highest BCUT2D eigenvalue weighted by molar-refractivity contribution is 7.89. The maximum atomic E-state index is 12.0. The van der Waals surface area contributed by atoms with Gasteiger partial charge in [-0.15, -0.1) is 0 Å². The average molecular weight is 285 g/mol. The summed E-state index contributed by atoms with van der Waals surface area (Å²) in [6, 6.07) is 6.28. The summed E-state index contributed by atoms with van der Waals surface area (Å²) in [6.45, 7) is 3.58. The van der Waals surface area contributed by atoms with Crippen molar-refractivity contribution in [1.29, 1.82) is 0 Å². The van der Waals surface area contributed by atoms with Crippen LogP contribution in [-0.2, 0) is 21.4 Å². The molecular formula is C12H19N3O3S. The quantitative estimate of drug-likeness (QED) is 0.682. The van der Waals surface area contributed by atoms with Crippen LogP contribution in [0.2, 0.25) is 0 Å². The minimum absolute atomic E-state index is 0.0300. The van der Waals surface area contributed by atoms with Crippen LogP contribution in [0.15, 0.2) is 29.2 Å². The van der Waals surface area contributed by atoms with Crippen molar-refractivity contribution in [2.45, 2.75) is 31.3 Å². The number of carbonyl (C=O) groups is 1. The molecule has 0 saturated carbocycles. The minimum Gasteiger partial charge on any atom is -0.353 e. The largest absolute Gasteiger partial charge is 0.353 e. The lowest BCUT2D eigenvalue weighted by Gasteiger charge is -2.10. The van der Waals surface area contributed by atoms with Crippen LogP contribution in [0.5, 0.6) is 0 Å². The fraction of sp³-hybridized carbons (Fsp3) is 0.417. The average Bonchev–Trinajstić information content (AvgIpc) is 2.36. The maximum Gasteiger partial charge on any atom is 0.241 e. The van der Waals surface area contributed by atoms with E-state index in [9.17, 15) is 13.2 Å². The van der Waals surface area contributed by atoms with E-state index >= 15 is 0 Å². The Kier molecular flexibility index (Phi) is 5.46. The second-order valence-corrected chi connectivity index (χ2v) is 6.17. The summed E-state index contributed by atoms with van der Waals surface area (Å²) in [5.74, 6) is -0.367. The van der Waals surface area contributed by atoms with Gasteiger partial charge in [0.2, 0.25) is 15.9 Å². The van der Waals surface area contributed by atoms with Crippen molar-refractivity contribution >= 4 is 15.9 Å². The normalized spacial score (nSPS) is 11.6. The zero-order valence-corrected chi connectivity index (χ0v) is 11.8. The molecule has 0 aliphatic rings. The molecule has 0 unspecified atom stereocenters. The number of benzene rings is 1. The minimum atomic E-state index is -3.69. The van der Waals surface area contributed by atoms with E-state index in [-0.39, 0.29) is 29.9 Å². The summed E-state index contributed by atoms with van der Waals surface area (Å²) in [5, 5.41) is 2.60. The van der Waals surface area contributed by atoms with Gasteiger partial charge in [0.1, 0.15) is 0 Å². The first-order valence-corrected chi connectivity index (χ1v) is 7.41. The Bertz CT molecular complexity index is 541. The van der Waals surface area contributed by atoms with Crippen molar-refractivity contribution in [3.05, 3.63) is 29.8 Å². The lowest BCUT2D eigenvalue weighted by atomic mass is 10.2. The predicted octanol–water partition coefficient (Wildman–Crippen LogP) is -0.0518. The summed E-state index contributed by atoms with van der Waals surface area (Å²) in [6.07, 6.45) is 0. The van der Waals surface area contributed by atoms with E-state index in [1.165, 1.54) is 12.1 Å². The molecule has 4 N–H and O–H groups in total. The molecule has 0 atom stereocenters. The maximum absolute atomic E-state index is 12.0. The first-order valence-electron chi connectivity index (χ1n) is 5.93. The number of hydrogen-bond donors (Lipinski definition) is 3. The number of sulfonamides is 1. The lowest BCUT2D eigenvalue weighted by molar-refractivity contribution is -0.120. The van der Waals surface area contributed by atoms with E-state index in [4.69, 9.17) is 5.73 Å². The molecule has 0 bridgehead atoms. The van der Waals surface area contributed by atoms with Crippen LogP contribution in [-0.4, -0.2) is 26.9 Å². The Balaban J connectivity index is 2.73. The van der Waals surface area contributed by atoms with Gasteiger partial charge >= 0.3 is 0 Å². The van der Waals surface area contributed by atoms with Crippen LogP contribution in [0.25, 0.3) is 0 Å². The van der Waals surface area contributed by atoms with Gasteiger partial charge < -0.3 is 11.1 Å². The smallest absolute Gasteiger partial charge is 0.241 e. The molecule has 0 saturated heterocycles. The van der Waals surface area contributed by atoms with Crippen molar-refractivity contribution in [1.82, 2.24) is 10.0 Å². The molecule has 1 aromatic rings.